The highest BCUT2D eigenvalue weighted by molar-refractivity contribution is 6.02. The fourth-order valence-corrected chi connectivity index (χ4v) is 2.93. The van der Waals surface area contributed by atoms with Crippen molar-refractivity contribution in [2.45, 2.75) is 33.6 Å². The van der Waals surface area contributed by atoms with E-state index in [4.69, 9.17) is 4.74 Å². The smallest absolute Gasteiger partial charge is 0.244 e. The van der Waals surface area contributed by atoms with Gasteiger partial charge in [0.05, 0.1) is 12.8 Å². The molecule has 0 aliphatic carbocycles. The summed E-state index contributed by atoms with van der Waals surface area (Å²) in [5.41, 5.74) is 3.65. The van der Waals surface area contributed by atoms with Gasteiger partial charge in [-0.05, 0) is 48.2 Å². The van der Waals surface area contributed by atoms with Gasteiger partial charge in [-0.25, -0.2) is 0 Å². The van der Waals surface area contributed by atoms with Crippen LogP contribution in [0.5, 0.6) is 5.75 Å². The van der Waals surface area contributed by atoms with Crippen molar-refractivity contribution in [1.82, 2.24) is 0 Å². The molecule has 2 aromatic carbocycles. The quantitative estimate of drug-likeness (QED) is 0.822. The number of amides is 2. The summed E-state index contributed by atoms with van der Waals surface area (Å²) < 4.78 is 5.11. The van der Waals surface area contributed by atoms with Crippen molar-refractivity contribution in [3.05, 3.63) is 53.6 Å². The molecule has 0 saturated heterocycles. The number of rotatable bonds is 7. The number of nitrogens with one attached hydrogen (secondary N) is 1. The lowest BCUT2D eigenvalue weighted by Crippen LogP contribution is -2.37. The summed E-state index contributed by atoms with van der Waals surface area (Å²) in [6, 6.07) is 13.1. The first-order chi connectivity index (χ1) is 12.5. The first-order valence-electron chi connectivity index (χ1n) is 8.82. The normalized spacial score (nSPS) is 10.3. The zero-order valence-corrected chi connectivity index (χ0v) is 15.8. The summed E-state index contributed by atoms with van der Waals surface area (Å²) in [6.07, 6.45) is 1.60. The van der Waals surface area contributed by atoms with Gasteiger partial charge in [0.25, 0.3) is 0 Å². The minimum absolute atomic E-state index is 0.0224. The zero-order valence-electron chi connectivity index (χ0n) is 15.8. The number of hydrogen-bond donors (Lipinski definition) is 1. The molecule has 0 unspecified atom stereocenters. The van der Waals surface area contributed by atoms with Crippen LogP contribution in [0.15, 0.2) is 42.5 Å². The summed E-state index contributed by atoms with van der Waals surface area (Å²) in [7, 11) is 1.59. The number of benzene rings is 2. The largest absolute Gasteiger partial charge is 0.497 e. The molecule has 2 amide bonds. The number of para-hydroxylation sites is 1. The maximum atomic E-state index is 12.5. The Morgan fingerprint density at radius 1 is 1.00 bits per heavy atom. The number of hydrogen-bond acceptors (Lipinski definition) is 3. The Balaban J connectivity index is 2.23. The van der Waals surface area contributed by atoms with Gasteiger partial charge in [-0.15, -0.1) is 0 Å². The van der Waals surface area contributed by atoms with Crippen LogP contribution in [0.25, 0.3) is 0 Å². The van der Waals surface area contributed by atoms with E-state index in [0.717, 1.165) is 35.4 Å². The molecule has 0 aliphatic heterocycles. The van der Waals surface area contributed by atoms with E-state index >= 15 is 0 Å². The number of carbonyl (C=O) groups is 2. The van der Waals surface area contributed by atoms with Gasteiger partial charge < -0.3 is 15.0 Å². The van der Waals surface area contributed by atoms with Crippen LogP contribution in [0.1, 0.15) is 31.9 Å². The summed E-state index contributed by atoms with van der Waals surface area (Å²) in [5.74, 6) is 0.335. The van der Waals surface area contributed by atoms with Gasteiger partial charge in [-0.3, -0.25) is 9.59 Å². The van der Waals surface area contributed by atoms with E-state index in [2.05, 4.69) is 5.32 Å². The summed E-state index contributed by atoms with van der Waals surface area (Å²) in [5, 5.41) is 2.83. The lowest BCUT2D eigenvalue weighted by molar-refractivity contribution is -0.120. The second-order valence-electron chi connectivity index (χ2n) is 6.01. The number of anilines is 2. The third-order valence-corrected chi connectivity index (χ3v) is 4.29. The van der Waals surface area contributed by atoms with Crippen LogP contribution in [-0.4, -0.2) is 25.5 Å². The molecule has 138 valence electrons. The van der Waals surface area contributed by atoms with Crippen LogP contribution in [0.3, 0.4) is 0 Å². The number of methoxy groups -OCH3 is 1. The van der Waals surface area contributed by atoms with Gasteiger partial charge >= 0.3 is 0 Å². The molecule has 0 aromatic heterocycles. The summed E-state index contributed by atoms with van der Waals surface area (Å²) >= 11 is 0. The van der Waals surface area contributed by atoms with Crippen LogP contribution in [0, 0.1) is 0 Å². The molecule has 0 heterocycles. The highest BCUT2D eigenvalue weighted by Gasteiger charge is 2.21. The highest BCUT2D eigenvalue weighted by atomic mass is 16.5. The predicted octanol–water partition coefficient (Wildman–Crippen LogP) is 3.81. The summed E-state index contributed by atoms with van der Waals surface area (Å²) in [6.45, 7) is 5.57. The Hall–Kier alpha value is -2.82. The first kappa shape index (κ1) is 19.5. The van der Waals surface area contributed by atoms with E-state index < -0.39 is 0 Å². The minimum atomic E-state index is -0.238. The predicted molar refractivity (Wildman–Crippen MR) is 105 cm³/mol. The maximum absolute atomic E-state index is 12.5. The van der Waals surface area contributed by atoms with E-state index in [0.29, 0.717) is 5.69 Å². The van der Waals surface area contributed by atoms with Crippen LogP contribution < -0.4 is 15.0 Å². The summed E-state index contributed by atoms with van der Waals surface area (Å²) in [4.78, 5) is 26.4. The monoisotopic (exact) mass is 354 g/mol. The molecule has 0 saturated carbocycles. The van der Waals surface area contributed by atoms with Crippen molar-refractivity contribution < 1.29 is 14.3 Å². The molecule has 0 spiro atoms. The van der Waals surface area contributed by atoms with E-state index in [1.54, 1.807) is 36.3 Å². The SMILES string of the molecule is CCc1cccc(CC)c1N(CC(=O)Nc1ccc(OC)cc1)C(C)=O. The van der Waals surface area contributed by atoms with E-state index in [-0.39, 0.29) is 18.4 Å². The fourth-order valence-electron chi connectivity index (χ4n) is 2.93. The standard InChI is InChI=1S/C21H26N2O3/c1-5-16-8-7-9-17(6-2)21(16)23(15(3)24)14-20(25)22-18-10-12-19(26-4)13-11-18/h7-13H,5-6,14H2,1-4H3,(H,22,25). The van der Waals surface area contributed by atoms with Gasteiger partial charge in [0, 0.05) is 12.6 Å². The highest BCUT2D eigenvalue weighted by Crippen LogP contribution is 2.27. The number of carbonyl (C=O) groups excluding carboxylic acids is 2. The van der Waals surface area contributed by atoms with Crippen LogP contribution in [-0.2, 0) is 22.4 Å². The Kier molecular flexibility index (Phi) is 6.78. The van der Waals surface area contributed by atoms with Crippen molar-refractivity contribution in [3.8, 4) is 5.75 Å². The first-order valence-corrected chi connectivity index (χ1v) is 8.82. The van der Waals surface area contributed by atoms with Crippen LogP contribution >= 0.6 is 0 Å². The van der Waals surface area contributed by atoms with Gasteiger partial charge in [-0.2, -0.15) is 0 Å². The van der Waals surface area contributed by atoms with Crippen molar-refractivity contribution in [1.29, 1.82) is 0 Å². The molecule has 0 atom stereocenters. The van der Waals surface area contributed by atoms with E-state index in [1.165, 1.54) is 6.92 Å². The third kappa shape index (κ3) is 4.63. The minimum Gasteiger partial charge on any atom is -0.497 e. The Morgan fingerprint density at radius 2 is 1.58 bits per heavy atom. The lowest BCUT2D eigenvalue weighted by Gasteiger charge is -2.26. The molecule has 0 radical (unpaired) electrons. The Morgan fingerprint density at radius 3 is 2.04 bits per heavy atom. The number of nitrogens with zero attached hydrogens (tertiary/aromatic N) is 1. The number of aryl methyl sites for hydroxylation is 2. The molecule has 5 heteroatoms. The zero-order chi connectivity index (χ0) is 19.1. The average Bonchev–Trinajstić information content (AvgIpc) is 2.65. The van der Waals surface area contributed by atoms with Crippen molar-refractivity contribution in [2.24, 2.45) is 0 Å². The molecule has 0 fully saturated rings. The number of ether oxygens (including phenoxy) is 1. The van der Waals surface area contributed by atoms with Crippen molar-refractivity contribution in [3.63, 3.8) is 0 Å². The fraction of sp³-hybridized carbons (Fsp3) is 0.333. The third-order valence-electron chi connectivity index (χ3n) is 4.29. The lowest BCUT2D eigenvalue weighted by atomic mass is 10.0. The maximum Gasteiger partial charge on any atom is 0.244 e. The van der Waals surface area contributed by atoms with Gasteiger partial charge in [-0.1, -0.05) is 32.0 Å². The van der Waals surface area contributed by atoms with Gasteiger partial charge in [0.1, 0.15) is 12.3 Å². The molecular formula is C21H26N2O3. The molecular weight excluding hydrogens is 328 g/mol. The molecule has 0 aliphatic rings. The van der Waals surface area contributed by atoms with E-state index in [9.17, 15) is 9.59 Å². The second-order valence-corrected chi connectivity index (χ2v) is 6.01. The van der Waals surface area contributed by atoms with Crippen LogP contribution in [0.2, 0.25) is 0 Å². The van der Waals surface area contributed by atoms with Gasteiger partial charge in [0.2, 0.25) is 11.8 Å². The Labute approximate surface area is 155 Å². The Bertz CT molecular complexity index is 747. The van der Waals surface area contributed by atoms with Crippen molar-refractivity contribution in [2.75, 3.05) is 23.9 Å². The second kappa shape index (κ2) is 9.04. The van der Waals surface area contributed by atoms with E-state index in [1.807, 2.05) is 32.0 Å². The van der Waals surface area contributed by atoms with Gasteiger partial charge in [0.15, 0.2) is 0 Å². The molecule has 5 nitrogen and oxygen atoms in total. The molecule has 0 bridgehead atoms. The molecule has 2 aromatic rings. The van der Waals surface area contributed by atoms with Crippen LogP contribution in [0.4, 0.5) is 11.4 Å². The molecule has 2 rings (SSSR count). The molecule has 26 heavy (non-hydrogen) atoms. The molecule has 1 N–H and O–H groups in total. The topological polar surface area (TPSA) is 58.6 Å². The average molecular weight is 354 g/mol. The van der Waals surface area contributed by atoms with Crippen molar-refractivity contribution >= 4 is 23.2 Å².